The van der Waals surface area contributed by atoms with Crippen LogP contribution in [0.5, 0.6) is 11.5 Å². The van der Waals surface area contributed by atoms with Crippen LogP contribution in [0.3, 0.4) is 0 Å². The van der Waals surface area contributed by atoms with E-state index in [0.717, 1.165) is 11.1 Å². The van der Waals surface area contributed by atoms with Gasteiger partial charge >= 0.3 is 0 Å². The molecule has 2 aromatic rings. The molecule has 3 rings (SSSR count). The van der Waals surface area contributed by atoms with Gasteiger partial charge in [-0.05, 0) is 43.8 Å². The second-order valence-electron chi connectivity index (χ2n) is 6.40. The van der Waals surface area contributed by atoms with Gasteiger partial charge in [-0.15, -0.1) is 0 Å². The summed E-state index contributed by atoms with van der Waals surface area (Å²) in [7, 11) is -2.11. The smallest absolute Gasteiger partial charge is 0.246 e. The van der Waals surface area contributed by atoms with Crippen LogP contribution < -0.4 is 14.2 Å². The molecule has 2 aromatic carbocycles. The van der Waals surface area contributed by atoms with E-state index in [1.807, 2.05) is 25.1 Å². The molecule has 0 saturated heterocycles. The van der Waals surface area contributed by atoms with E-state index in [0.29, 0.717) is 37.8 Å². The molecule has 1 amide bonds. The monoisotopic (exact) mass is 416 g/mol. The topological polar surface area (TPSA) is 84.9 Å². The molecule has 0 aromatic heterocycles. The van der Waals surface area contributed by atoms with Crippen LogP contribution in [0.2, 0.25) is 0 Å². The molecule has 0 radical (unpaired) electrons. The Labute approximate surface area is 171 Å². The number of sulfonamides is 1. The molecule has 1 heterocycles. The summed E-state index contributed by atoms with van der Waals surface area (Å²) in [4.78, 5) is 14.5. The van der Waals surface area contributed by atoms with Gasteiger partial charge in [-0.1, -0.05) is 24.3 Å². The molecule has 0 saturated carbocycles. The number of rotatable bonds is 7. The second kappa shape index (κ2) is 9.11. The molecular weight excluding hydrogens is 392 g/mol. The van der Waals surface area contributed by atoms with E-state index in [9.17, 15) is 13.2 Å². The van der Waals surface area contributed by atoms with Crippen LogP contribution in [-0.4, -0.2) is 46.0 Å². The minimum atomic E-state index is -3.48. The van der Waals surface area contributed by atoms with E-state index < -0.39 is 10.0 Å². The Morgan fingerprint density at radius 2 is 1.86 bits per heavy atom. The van der Waals surface area contributed by atoms with Gasteiger partial charge in [0, 0.05) is 24.7 Å². The third kappa shape index (κ3) is 4.96. The first-order valence-electron chi connectivity index (χ1n) is 9.32. The van der Waals surface area contributed by atoms with Crippen molar-refractivity contribution < 1.29 is 22.7 Å². The zero-order valence-electron chi connectivity index (χ0n) is 16.4. The van der Waals surface area contributed by atoms with Gasteiger partial charge in [0.15, 0.2) is 11.5 Å². The van der Waals surface area contributed by atoms with E-state index >= 15 is 0 Å². The molecule has 1 aliphatic heterocycles. The first-order valence-corrected chi connectivity index (χ1v) is 10.8. The second-order valence-corrected chi connectivity index (χ2v) is 8.29. The highest BCUT2D eigenvalue weighted by Gasteiger charge is 2.18. The number of hydrogen-bond acceptors (Lipinski definition) is 5. The molecule has 0 aliphatic carbocycles. The molecule has 0 atom stereocenters. The minimum absolute atomic E-state index is 0.145. The molecule has 8 heteroatoms. The average Bonchev–Trinajstić information content (AvgIpc) is 2.76. The number of ether oxygens (including phenoxy) is 2. The molecule has 0 spiro atoms. The Morgan fingerprint density at radius 1 is 1.14 bits per heavy atom. The number of carbonyl (C=O) groups excluding carboxylic acids is 1. The molecule has 0 fully saturated rings. The fourth-order valence-electron chi connectivity index (χ4n) is 2.96. The highest BCUT2D eigenvalue weighted by Crippen LogP contribution is 2.34. The van der Waals surface area contributed by atoms with Crippen LogP contribution in [-0.2, 0) is 21.4 Å². The third-order valence-electron chi connectivity index (χ3n) is 4.58. The van der Waals surface area contributed by atoms with Gasteiger partial charge in [0.25, 0.3) is 0 Å². The molecule has 154 valence electrons. The van der Waals surface area contributed by atoms with Gasteiger partial charge in [0.1, 0.15) is 13.2 Å². The molecule has 0 bridgehead atoms. The largest absolute Gasteiger partial charge is 0.486 e. The summed E-state index contributed by atoms with van der Waals surface area (Å²) in [5, 5.41) is 0. The summed E-state index contributed by atoms with van der Waals surface area (Å²) < 4.78 is 37.1. The summed E-state index contributed by atoms with van der Waals surface area (Å²) in [6.07, 6.45) is 3.15. The maximum atomic E-state index is 12.7. The van der Waals surface area contributed by atoms with Crippen molar-refractivity contribution in [3.05, 3.63) is 59.7 Å². The zero-order valence-corrected chi connectivity index (χ0v) is 17.2. The van der Waals surface area contributed by atoms with E-state index in [1.165, 1.54) is 25.3 Å². The van der Waals surface area contributed by atoms with Gasteiger partial charge in [-0.25, -0.2) is 13.1 Å². The number of para-hydroxylation sites is 1. The van der Waals surface area contributed by atoms with E-state index in [2.05, 4.69) is 4.72 Å². The van der Waals surface area contributed by atoms with Crippen LogP contribution in [0.25, 0.3) is 6.08 Å². The molecular formula is C21H24N2O5S. The normalized spacial score (nSPS) is 13.4. The maximum absolute atomic E-state index is 12.7. The highest BCUT2D eigenvalue weighted by molar-refractivity contribution is 7.89. The van der Waals surface area contributed by atoms with Crippen molar-refractivity contribution in [2.75, 3.05) is 26.8 Å². The maximum Gasteiger partial charge on any atom is 0.246 e. The van der Waals surface area contributed by atoms with Crippen LogP contribution >= 0.6 is 0 Å². The zero-order chi connectivity index (χ0) is 20.9. The highest BCUT2D eigenvalue weighted by atomic mass is 32.2. The van der Waals surface area contributed by atoms with Gasteiger partial charge in [0.05, 0.1) is 4.90 Å². The number of carbonyl (C=O) groups is 1. The van der Waals surface area contributed by atoms with Crippen molar-refractivity contribution in [1.29, 1.82) is 0 Å². The van der Waals surface area contributed by atoms with Crippen molar-refractivity contribution in [2.45, 2.75) is 18.4 Å². The Bertz CT molecular complexity index is 1000. The lowest BCUT2D eigenvalue weighted by molar-refractivity contribution is -0.126. The fourth-order valence-corrected chi connectivity index (χ4v) is 3.69. The van der Waals surface area contributed by atoms with Crippen LogP contribution in [0.4, 0.5) is 0 Å². The van der Waals surface area contributed by atoms with E-state index in [4.69, 9.17) is 9.47 Å². The Morgan fingerprint density at radius 3 is 2.55 bits per heavy atom. The van der Waals surface area contributed by atoms with Gasteiger partial charge in [-0.2, -0.15) is 0 Å². The predicted molar refractivity (Wildman–Crippen MR) is 110 cm³/mol. The molecule has 1 aliphatic rings. The number of nitrogens with one attached hydrogen (secondary N) is 1. The Balaban J connectivity index is 1.70. The first kappa shape index (κ1) is 20.9. The lowest BCUT2D eigenvalue weighted by Gasteiger charge is -2.24. The quantitative estimate of drug-likeness (QED) is 0.701. The average molecular weight is 416 g/mol. The van der Waals surface area contributed by atoms with E-state index in [-0.39, 0.29) is 10.8 Å². The van der Waals surface area contributed by atoms with E-state index in [1.54, 1.807) is 23.1 Å². The van der Waals surface area contributed by atoms with Gasteiger partial charge in [-0.3, -0.25) is 4.79 Å². The molecule has 7 nitrogen and oxygen atoms in total. The van der Waals surface area contributed by atoms with Crippen LogP contribution in [0.15, 0.2) is 53.4 Å². The van der Waals surface area contributed by atoms with Crippen molar-refractivity contribution in [3.8, 4) is 11.5 Å². The number of amides is 1. The standard InChI is InChI=1S/C21H24N2O5S/c1-3-23(15-17-5-4-6-19-21(17)28-14-13-27-19)20(24)12-9-16-7-10-18(11-8-16)29(25,26)22-2/h4-12,22H,3,13-15H2,1-2H3/b12-9+. The lowest BCUT2D eigenvalue weighted by atomic mass is 10.1. The van der Waals surface area contributed by atoms with Crippen molar-refractivity contribution in [1.82, 2.24) is 9.62 Å². The number of hydrogen-bond donors (Lipinski definition) is 1. The van der Waals surface area contributed by atoms with Crippen molar-refractivity contribution in [2.24, 2.45) is 0 Å². The predicted octanol–water partition coefficient (Wildman–Crippen LogP) is 2.43. The summed E-state index contributed by atoms with van der Waals surface area (Å²) >= 11 is 0. The van der Waals surface area contributed by atoms with Crippen molar-refractivity contribution >= 4 is 22.0 Å². The fraction of sp³-hybridized carbons (Fsp3) is 0.286. The molecule has 29 heavy (non-hydrogen) atoms. The summed E-state index contributed by atoms with van der Waals surface area (Å²) in [6, 6.07) is 12.0. The van der Waals surface area contributed by atoms with Crippen LogP contribution in [0, 0.1) is 0 Å². The Kier molecular flexibility index (Phi) is 6.56. The lowest BCUT2D eigenvalue weighted by Crippen LogP contribution is -2.29. The van der Waals surface area contributed by atoms with Gasteiger partial charge < -0.3 is 14.4 Å². The summed E-state index contributed by atoms with van der Waals surface area (Å²) in [5.41, 5.74) is 1.63. The van der Waals surface area contributed by atoms with Crippen molar-refractivity contribution in [3.63, 3.8) is 0 Å². The minimum Gasteiger partial charge on any atom is -0.486 e. The molecule has 1 N–H and O–H groups in total. The SMILES string of the molecule is CCN(Cc1cccc2c1OCCO2)C(=O)/C=C/c1ccc(S(=O)(=O)NC)cc1. The first-order chi connectivity index (χ1) is 13.9. The number of fused-ring (bicyclic) bond motifs is 1. The summed E-state index contributed by atoms with van der Waals surface area (Å²) in [6.45, 7) is 3.86. The number of nitrogens with zero attached hydrogens (tertiary/aromatic N) is 1. The summed E-state index contributed by atoms with van der Waals surface area (Å²) in [5.74, 6) is 1.24. The Hall–Kier alpha value is -2.84. The molecule has 0 unspecified atom stereocenters. The van der Waals surface area contributed by atoms with Gasteiger partial charge in [0.2, 0.25) is 15.9 Å². The number of benzene rings is 2. The van der Waals surface area contributed by atoms with Crippen LogP contribution in [0.1, 0.15) is 18.1 Å². The number of likely N-dealkylation sites (N-methyl/N-ethyl adjacent to an activating group) is 1. The third-order valence-corrected chi connectivity index (χ3v) is 6.01.